The van der Waals surface area contributed by atoms with Crippen molar-refractivity contribution >= 4 is 45.2 Å². The van der Waals surface area contributed by atoms with Crippen LogP contribution in [-0.2, 0) is 0 Å². The van der Waals surface area contributed by atoms with E-state index in [-0.39, 0.29) is 24.4 Å². The van der Waals surface area contributed by atoms with Gasteiger partial charge in [0, 0.05) is 22.4 Å². The van der Waals surface area contributed by atoms with Crippen molar-refractivity contribution in [2.45, 2.75) is 19.9 Å². The maximum absolute atomic E-state index is 12.0. The van der Waals surface area contributed by atoms with Gasteiger partial charge in [0.1, 0.15) is 5.58 Å². The molecule has 4 nitrogen and oxygen atoms in total. The Labute approximate surface area is 132 Å². The molecular formula is C14H18BrClN2O2. The molecule has 6 heteroatoms. The Hall–Kier alpha value is -1.04. The summed E-state index contributed by atoms with van der Waals surface area (Å²) in [6, 6.07) is 7.66. The highest BCUT2D eigenvalue weighted by molar-refractivity contribution is 9.10. The average Bonchev–Trinajstić information content (AvgIpc) is 2.79. The summed E-state index contributed by atoms with van der Waals surface area (Å²) in [4.78, 5) is 12.0. The second-order valence-corrected chi connectivity index (χ2v) is 5.38. The number of hydrogen-bond acceptors (Lipinski definition) is 3. The molecule has 0 bridgehead atoms. The van der Waals surface area contributed by atoms with Crippen LogP contribution >= 0.6 is 28.3 Å². The van der Waals surface area contributed by atoms with Gasteiger partial charge in [-0.2, -0.15) is 0 Å². The van der Waals surface area contributed by atoms with Gasteiger partial charge in [-0.05, 0) is 37.7 Å². The van der Waals surface area contributed by atoms with E-state index in [1.54, 1.807) is 6.07 Å². The molecule has 0 aliphatic carbocycles. The molecule has 0 fully saturated rings. The molecule has 2 rings (SSSR count). The van der Waals surface area contributed by atoms with Crippen LogP contribution in [0, 0.1) is 0 Å². The summed E-state index contributed by atoms with van der Waals surface area (Å²) in [6.07, 6.45) is 0. The highest BCUT2D eigenvalue weighted by atomic mass is 79.9. The fourth-order valence-electron chi connectivity index (χ4n) is 1.88. The van der Waals surface area contributed by atoms with E-state index in [4.69, 9.17) is 4.42 Å². The van der Waals surface area contributed by atoms with E-state index >= 15 is 0 Å². The first-order chi connectivity index (χ1) is 9.10. The van der Waals surface area contributed by atoms with E-state index in [0.717, 1.165) is 16.4 Å². The number of amides is 1. The molecule has 0 saturated heterocycles. The smallest absolute Gasteiger partial charge is 0.287 e. The first kappa shape index (κ1) is 17.0. The highest BCUT2D eigenvalue weighted by Crippen LogP contribution is 2.23. The minimum atomic E-state index is -0.183. The first-order valence-electron chi connectivity index (χ1n) is 6.31. The molecule has 0 unspecified atom stereocenters. The molecule has 0 saturated carbocycles. The van der Waals surface area contributed by atoms with Gasteiger partial charge in [0.2, 0.25) is 0 Å². The number of furan rings is 1. The number of carbonyl (C=O) groups is 1. The molecule has 110 valence electrons. The lowest BCUT2D eigenvalue weighted by Gasteiger charge is -2.12. The summed E-state index contributed by atoms with van der Waals surface area (Å²) >= 11 is 3.40. The third kappa shape index (κ3) is 4.23. The van der Waals surface area contributed by atoms with E-state index in [2.05, 4.69) is 26.6 Å². The molecule has 2 N–H and O–H groups in total. The second-order valence-electron chi connectivity index (χ2n) is 4.46. The largest absolute Gasteiger partial charge is 0.451 e. The van der Waals surface area contributed by atoms with Crippen LogP contribution in [-0.4, -0.2) is 25.0 Å². The molecule has 0 spiro atoms. The molecule has 20 heavy (non-hydrogen) atoms. The minimum Gasteiger partial charge on any atom is -0.451 e. The lowest BCUT2D eigenvalue weighted by atomic mass is 10.2. The van der Waals surface area contributed by atoms with Crippen LogP contribution in [0.1, 0.15) is 24.4 Å². The van der Waals surface area contributed by atoms with E-state index < -0.39 is 0 Å². The Morgan fingerprint density at radius 1 is 1.40 bits per heavy atom. The quantitative estimate of drug-likeness (QED) is 0.859. The van der Waals surface area contributed by atoms with Gasteiger partial charge >= 0.3 is 0 Å². The van der Waals surface area contributed by atoms with Gasteiger partial charge in [-0.25, -0.2) is 0 Å². The third-order valence-corrected chi connectivity index (χ3v) is 3.32. The summed E-state index contributed by atoms with van der Waals surface area (Å²) in [5, 5.41) is 7.00. The van der Waals surface area contributed by atoms with Crippen LogP contribution < -0.4 is 10.6 Å². The van der Waals surface area contributed by atoms with Gasteiger partial charge in [0.15, 0.2) is 5.76 Å². The molecule has 1 aromatic carbocycles. The molecular weight excluding hydrogens is 344 g/mol. The van der Waals surface area contributed by atoms with E-state index in [1.807, 2.05) is 32.0 Å². The predicted octanol–water partition coefficient (Wildman–Crippen LogP) is 3.34. The Bertz CT molecular complexity index is 586. The van der Waals surface area contributed by atoms with Crippen molar-refractivity contribution in [1.29, 1.82) is 0 Å². The zero-order valence-electron chi connectivity index (χ0n) is 11.4. The number of rotatable bonds is 5. The molecule has 1 amide bonds. The number of carbonyl (C=O) groups excluding carboxylic acids is 1. The molecule has 1 heterocycles. The Morgan fingerprint density at radius 2 is 2.15 bits per heavy atom. The molecule has 0 radical (unpaired) electrons. The maximum atomic E-state index is 12.0. The zero-order chi connectivity index (χ0) is 13.8. The Kier molecular flexibility index (Phi) is 6.52. The lowest BCUT2D eigenvalue weighted by Crippen LogP contribution is -2.38. The standard InChI is InChI=1S/C14H17BrN2O2.ClH/c1-3-16-9(2)8-17-14(18)13-7-10-6-11(15)4-5-12(10)19-13;/h4-7,9,16H,3,8H2,1-2H3,(H,17,18);1H/t9-;/m1./s1. The number of fused-ring (bicyclic) bond motifs is 1. The summed E-state index contributed by atoms with van der Waals surface area (Å²) in [5.74, 6) is 0.161. The minimum absolute atomic E-state index is 0. The molecule has 0 aliphatic rings. The van der Waals surface area contributed by atoms with Crippen LogP contribution in [0.25, 0.3) is 11.0 Å². The Balaban J connectivity index is 0.00000200. The normalized spacial score (nSPS) is 11.9. The van der Waals surface area contributed by atoms with E-state index in [0.29, 0.717) is 17.9 Å². The summed E-state index contributed by atoms with van der Waals surface area (Å²) in [7, 11) is 0. The van der Waals surface area contributed by atoms with Crippen molar-refractivity contribution < 1.29 is 9.21 Å². The van der Waals surface area contributed by atoms with Crippen molar-refractivity contribution in [3.63, 3.8) is 0 Å². The first-order valence-corrected chi connectivity index (χ1v) is 7.10. The predicted molar refractivity (Wildman–Crippen MR) is 86.6 cm³/mol. The van der Waals surface area contributed by atoms with Gasteiger partial charge in [-0.3, -0.25) is 4.79 Å². The SMILES string of the molecule is CCN[C@H](C)CNC(=O)c1cc2cc(Br)ccc2o1.Cl. The van der Waals surface area contributed by atoms with Crippen molar-refractivity contribution in [2.75, 3.05) is 13.1 Å². The van der Waals surface area contributed by atoms with Crippen LogP contribution in [0.2, 0.25) is 0 Å². The van der Waals surface area contributed by atoms with Gasteiger partial charge < -0.3 is 15.1 Å². The number of benzene rings is 1. The topological polar surface area (TPSA) is 54.3 Å². The van der Waals surface area contributed by atoms with E-state index in [9.17, 15) is 4.79 Å². The monoisotopic (exact) mass is 360 g/mol. The third-order valence-electron chi connectivity index (χ3n) is 2.82. The van der Waals surface area contributed by atoms with Crippen molar-refractivity contribution in [3.05, 3.63) is 34.5 Å². The number of nitrogens with one attached hydrogen (secondary N) is 2. The van der Waals surface area contributed by atoms with Crippen molar-refractivity contribution in [2.24, 2.45) is 0 Å². The van der Waals surface area contributed by atoms with E-state index in [1.165, 1.54) is 0 Å². The number of halogens is 2. The summed E-state index contributed by atoms with van der Waals surface area (Å²) in [5.41, 5.74) is 0.716. The highest BCUT2D eigenvalue weighted by Gasteiger charge is 2.12. The lowest BCUT2D eigenvalue weighted by molar-refractivity contribution is 0.0924. The number of likely N-dealkylation sites (N-methyl/N-ethyl adjacent to an activating group) is 1. The molecule has 0 aliphatic heterocycles. The van der Waals surface area contributed by atoms with Crippen LogP contribution in [0.4, 0.5) is 0 Å². The van der Waals surface area contributed by atoms with Gasteiger partial charge in [-0.15, -0.1) is 12.4 Å². The van der Waals surface area contributed by atoms with Gasteiger partial charge in [0.05, 0.1) is 0 Å². The van der Waals surface area contributed by atoms with Crippen LogP contribution in [0.5, 0.6) is 0 Å². The molecule has 1 aromatic heterocycles. The summed E-state index contributed by atoms with van der Waals surface area (Å²) < 4.78 is 6.49. The summed E-state index contributed by atoms with van der Waals surface area (Å²) in [6.45, 7) is 5.53. The average molecular weight is 362 g/mol. The van der Waals surface area contributed by atoms with Gasteiger partial charge in [0.25, 0.3) is 5.91 Å². The molecule has 1 atom stereocenters. The fraction of sp³-hybridized carbons (Fsp3) is 0.357. The van der Waals surface area contributed by atoms with Crippen molar-refractivity contribution in [3.8, 4) is 0 Å². The zero-order valence-corrected chi connectivity index (χ0v) is 13.8. The maximum Gasteiger partial charge on any atom is 0.287 e. The van der Waals surface area contributed by atoms with Crippen LogP contribution in [0.3, 0.4) is 0 Å². The fourth-order valence-corrected chi connectivity index (χ4v) is 2.26. The number of hydrogen-bond donors (Lipinski definition) is 2. The van der Waals surface area contributed by atoms with Gasteiger partial charge in [-0.1, -0.05) is 22.9 Å². The molecule has 2 aromatic rings. The Morgan fingerprint density at radius 3 is 2.85 bits per heavy atom. The van der Waals surface area contributed by atoms with Crippen LogP contribution in [0.15, 0.2) is 33.2 Å². The second kappa shape index (κ2) is 7.67. The van der Waals surface area contributed by atoms with Crippen molar-refractivity contribution in [1.82, 2.24) is 10.6 Å².